The fraction of sp³-hybridized carbons (Fsp3) is 0.459. The molecule has 278 valence electrons. The van der Waals surface area contributed by atoms with Gasteiger partial charge in [0, 0.05) is 80.9 Å². The maximum Gasteiger partial charge on any atom is 0.387 e. The Morgan fingerprint density at radius 2 is 1.79 bits per heavy atom. The molecule has 0 spiro atoms. The molecule has 2 aliphatic heterocycles. The summed E-state index contributed by atoms with van der Waals surface area (Å²) in [7, 11) is 2.12. The first-order chi connectivity index (χ1) is 25.1. The quantitative estimate of drug-likeness (QED) is 0.166. The van der Waals surface area contributed by atoms with Crippen molar-refractivity contribution in [1.29, 1.82) is 0 Å². The normalized spacial score (nSPS) is 15.7. The molecule has 0 bridgehead atoms. The van der Waals surface area contributed by atoms with Crippen LogP contribution in [0.3, 0.4) is 0 Å². The summed E-state index contributed by atoms with van der Waals surface area (Å²) in [5.74, 6) is -2.73. The van der Waals surface area contributed by atoms with E-state index < -0.39 is 24.0 Å². The highest BCUT2D eigenvalue weighted by Crippen LogP contribution is 2.32. The van der Waals surface area contributed by atoms with Crippen molar-refractivity contribution in [2.24, 2.45) is 11.8 Å². The van der Waals surface area contributed by atoms with Crippen LogP contribution in [0.2, 0.25) is 0 Å². The number of anilines is 2. The topological polar surface area (TPSA) is 107 Å². The largest absolute Gasteiger partial charge is 0.432 e. The Morgan fingerprint density at radius 1 is 1.04 bits per heavy atom. The van der Waals surface area contributed by atoms with Crippen LogP contribution in [0, 0.1) is 23.5 Å². The summed E-state index contributed by atoms with van der Waals surface area (Å²) in [5.41, 5.74) is 2.32. The van der Waals surface area contributed by atoms with Gasteiger partial charge in [0.05, 0.1) is 11.9 Å². The molecule has 2 N–H and O–H groups in total. The van der Waals surface area contributed by atoms with Crippen LogP contribution in [-0.4, -0.2) is 107 Å². The van der Waals surface area contributed by atoms with E-state index in [0.717, 1.165) is 56.7 Å². The molecule has 1 atom stereocenters. The van der Waals surface area contributed by atoms with Gasteiger partial charge in [-0.2, -0.15) is 13.2 Å². The monoisotopic (exact) mass is 724 g/mol. The van der Waals surface area contributed by atoms with Gasteiger partial charge in [-0.25, -0.2) is 14.4 Å². The first kappa shape index (κ1) is 37.0. The van der Waals surface area contributed by atoms with Gasteiger partial charge in [-0.15, -0.1) is 0 Å². The summed E-state index contributed by atoms with van der Waals surface area (Å²) < 4.78 is 60.2. The fourth-order valence-corrected chi connectivity index (χ4v) is 6.88. The van der Waals surface area contributed by atoms with Crippen molar-refractivity contribution in [3.63, 3.8) is 0 Å². The minimum absolute atomic E-state index is 0.0317. The fourth-order valence-electron chi connectivity index (χ4n) is 6.88. The van der Waals surface area contributed by atoms with E-state index in [4.69, 9.17) is 0 Å². The zero-order valence-corrected chi connectivity index (χ0v) is 29.5. The Kier molecular flexibility index (Phi) is 11.6. The van der Waals surface area contributed by atoms with Crippen LogP contribution in [0.1, 0.15) is 42.6 Å². The van der Waals surface area contributed by atoms with Crippen molar-refractivity contribution in [1.82, 2.24) is 34.4 Å². The van der Waals surface area contributed by atoms with Gasteiger partial charge in [-0.05, 0) is 74.7 Å². The molecule has 2 saturated heterocycles. The first-order valence-corrected chi connectivity index (χ1v) is 17.7. The maximum absolute atomic E-state index is 14.9. The van der Waals surface area contributed by atoms with Gasteiger partial charge >= 0.3 is 6.61 Å². The lowest BCUT2D eigenvalue weighted by atomic mass is 9.98. The van der Waals surface area contributed by atoms with Crippen molar-refractivity contribution in [3.05, 3.63) is 71.7 Å². The highest BCUT2D eigenvalue weighted by Gasteiger charge is 2.30. The molecule has 4 heterocycles. The molecule has 15 heteroatoms. The number of rotatable bonds is 14. The zero-order valence-electron chi connectivity index (χ0n) is 29.5. The number of hydrogen-bond donors (Lipinski definition) is 2. The van der Waals surface area contributed by atoms with Crippen LogP contribution >= 0.6 is 0 Å². The van der Waals surface area contributed by atoms with E-state index in [9.17, 15) is 27.2 Å². The van der Waals surface area contributed by atoms with Gasteiger partial charge < -0.3 is 30.1 Å². The van der Waals surface area contributed by atoms with Crippen molar-refractivity contribution >= 4 is 29.0 Å². The third-order valence-corrected chi connectivity index (χ3v) is 9.96. The lowest BCUT2D eigenvalue weighted by Gasteiger charge is -2.37. The number of alkyl halides is 2. The van der Waals surface area contributed by atoms with Crippen LogP contribution in [0.4, 0.5) is 29.1 Å². The number of piperazine rings is 1. The van der Waals surface area contributed by atoms with Gasteiger partial charge in [0.25, 0.3) is 5.91 Å². The molecule has 2 aromatic carbocycles. The summed E-state index contributed by atoms with van der Waals surface area (Å²) in [6.45, 7) is 6.69. The van der Waals surface area contributed by atoms with E-state index in [1.54, 1.807) is 17.0 Å². The SMILES string of the molecule is CCc1cc(Nc2nccn3c(-c4ccc(OC(F)F)c(F)c4F)cnc23)ccc1C(=O)N1CCN(C(=O)C(CC)CCN(C)CC2CNC2)CC1. The molecule has 1 unspecified atom stereocenters. The molecular formula is C37H44F4N8O3. The van der Waals surface area contributed by atoms with Gasteiger partial charge in [0.2, 0.25) is 11.7 Å². The predicted molar refractivity (Wildman–Crippen MR) is 189 cm³/mol. The summed E-state index contributed by atoms with van der Waals surface area (Å²) in [4.78, 5) is 41.9. The van der Waals surface area contributed by atoms with E-state index in [-0.39, 0.29) is 29.0 Å². The average molecular weight is 725 g/mol. The molecule has 52 heavy (non-hydrogen) atoms. The average Bonchev–Trinajstić information content (AvgIpc) is 3.56. The second-order valence-electron chi connectivity index (χ2n) is 13.4. The maximum atomic E-state index is 14.9. The van der Waals surface area contributed by atoms with Crippen LogP contribution < -0.4 is 15.4 Å². The molecule has 6 rings (SSSR count). The summed E-state index contributed by atoms with van der Waals surface area (Å²) >= 11 is 0. The second kappa shape index (κ2) is 16.3. The number of halogens is 4. The van der Waals surface area contributed by atoms with E-state index >= 15 is 0 Å². The highest BCUT2D eigenvalue weighted by atomic mass is 19.3. The number of carbonyl (C=O) groups is 2. The molecule has 0 radical (unpaired) electrons. The molecule has 0 aliphatic carbocycles. The summed E-state index contributed by atoms with van der Waals surface area (Å²) in [6.07, 6.45) is 6.51. The number of benzene rings is 2. The molecular weight excluding hydrogens is 680 g/mol. The number of carbonyl (C=O) groups excluding carboxylic acids is 2. The summed E-state index contributed by atoms with van der Waals surface area (Å²) in [6, 6.07) is 7.48. The first-order valence-electron chi connectivity index (χ1n) is 17.7. The van der Waals surface area contributed by atoms with E-state index in [1.807, 2.05) is 17.9 Å². The van der Waals surface area contributed by atoms with Crippen LogP contribution in [0.15, 0.2) is 48.9 Å². The number of hydrogen-bond acceptors (Lipinski definition) is 8. The minimum atomic E-state index is -3.30. The Morgan fingerprint density at radius 3 is 2.46 bits per heavy atom. The molecule has 2 aliphatic rings. The smallest absolute Gasteiger partial charge is 0.387 e. The second-order valence-corrected chi connectivity index (χ2v) is 13.4. The number of ether oxygens (including phenoxy) is 1. The number of nitrogens with one attached hydrogen (secondary N) is 2. The Labute approximate surface area is 300 Å². The number of aryl methyl sites for hydroxylation is 1. The van der Waals surface area contributed by atoms with Gasteiger partial charge in [0.1, 0.15) is 0 Å². The van der Waals surface area contributed by atoms with Crippen molar-refractivity contribution < 1.29 is 31.9 Å². The van der Waals surface area contributed by atoms with E-state index in [2.05, 4.69) is 44.2 Å². The number of nitrogens with zero attached hydrogens (tertiary/aromatic N) is 6. The van der Waals surface area contributed by atoms with Gasteiger partial charge in [-0.1, -0.05) is 13.8 Å². The predicted octanol–water partition coefficient (Wildman–Crippen LogP) is 5.43. The van der Waals surface area contributed by atoms with Crippen LogP contribution in [0.25, 0.3) is 16.9 Å². The van der Waals surface area contributed by atoms with E-state index in [0.29, 0.717) is 61.2 Å². The number of aromatic nitrogens is 3. The Bertz CT molecular complexity index is 1890. The third-order valence-electron chi connectivity index (χ3n) is 9.96. The third kappa shape index (κ3) is 7.99. The standard InChI is InChI=1S/C37H44F4N8O3/c1-4-24(10-12-46(3)22-23-19-42-20-23)35(50)47-14-16-48(17-15-47)36(51)27-7-6-26(18-25(27)5-2)45-33-34-44-21-29(49(34)13-11-43-33)28-8-9-30(52-37(40)41)32(39)31(28)38/h6-9,11,13,18,21,23-24,37,42H,4-5,10,12,14-17,19-20,22H2,1-3H3,(H,43,45). The lowest BCUT2D eigenvalue weighted by molar-refractivity contribution is -0.137. The zero-order chi connectivity index (χ0) is 36.9. The number of fused-ring (bicyclic) bond motifs is 1. The molecule has 0 saturated carbocycles. The highest BCUT2D eigenvalue weighted by molar-refractivity contribution is 5.96. The minimum Gasteiger partial charge on any atom is -0.432 e. The summed E-state index contributed by atoms with van der Waals surface area (Å²) in [5, 5.41) is 6.52. The number of imidazole rings is 1. The molecule has 2 fully saturated rings. The van der Waals surface area contributed by atoms with E-state index in [1.165, 1.54) is 23.0 Å². The lowest BCUT2D eigenvalue weighted by Crippen LogP contribution is -2.52. The van der Waals surface area contributed by atoms with Gasteiger partial charge in [-0.3, -0.25) is 14.0 Å². The molecule has 2 amide bonds. The van der Waals surface area contributed by atoms with Crippen molar-refractivity contribution in [3.8, 4) is 17.0 Å². The number of amides is 2. The Balaban J connectivity index is 1.09. The van der Waals surface area contributed by atoms with Crippen LogP contribution in [0.5, 0.6) is 5.75 Å². The van der Waals surface area contributed by atoms with Crippen molar-refractivity contribution in [2.45, 2.75) is 39.7 Å². The Hall–Kier alpha value is -4.76. The molecule has 4 aromatic rings. The van der Waals surface area contributed by atoms with Crippen LogP contribution in [-0.2, 0) is 11.2 Å². The molecule has 2 aromatic heterocycles. The van der Waals surface area contributed by atoms with Gasteiger partial charge in [0.15, 0.2) is 23.0 Å². The molecule has 11 nitrogen and oxygen atoms in total. The van der Waals surface area contributed by atoms with Crippen molar-refractivity contribution in [2.75, 3.05) is 64.7 Å².